The molecule has 1 aromatic carbocycles. The molecule has 7 nitrogen and oxygen atoms in total. The van der Waals surface area contributed by atoms with E-state index in [-0.39, 0.29) is 22.8 Å². The molecule has 1 aromatic rings. The lowest BCUT2D eigenvalue weighted by Crippen LogP contribution is -2.38. The van der Waals surface area contributed by atoms with Crippen molar-refractivity contribution in [1.82, 2.24) is 5.32 Å². The van der Waals surface area contributed by atoms with Crippen molar-refractivity contribution in [2.24, 2.45) is 0 Å². The van der Waals surface area contributed by atoms with E-state index in [0.717, 1.165) is 5.56 Å². The molecule has 2 rings (SSSR count). The van der Waals surface area contributed by atoms with Gasteiger partial charge in [0.15, 0.2) is 16.4 Å². The van der Waals surface area contributed by atoms with Crippen LogP contribution in [0.4, 0.5) is 0 Å². The molecule has 1 atom stereocenters. The Bertz CT molecular complexity index is 746. The van der Waals surface area contributed by atoms with E-state index in [0.29, 0.717) is 10.9 Å². The van der Waals surface area contributed by atoms with Gasteiger partial charge in [-0.15, -0.1) is 0 Å². The van der Waals surface area contributed by atoms with Gasteiger partial charge in [0.25, 0.3) is 5.91 Å². The highest BCUT2D eigenvalue weighted by Crippen LogP contribution is 2.29. The SMILES string of the molecule is Cc1cc(Br)c(O)c(C(=O)OCC(=O)NC2CCS(=O)(=O)C2)c1. The van der Waals surface area contributed by atoms with Crippen molar-refractivity contribution in [3.05, 3.63) is 27.7 Å². The van der Waals surface area contributed by atoms with Crippen LogP contribution < -0.4 is 5.32 Å². The van der Waals surface area contributed by atoms with Gasteiger partial charge in [0.2, 0.25) is 0 Å². The van der Waals surface area contributed by atoms with Crippen molar-refractivity contribution >= 4 is 37.6 Å². The van der Waals surface area contributed by atoms with Crippen LogP contribution in [0.3, 0.4) is 0 Å². The fourth-order valence-electron chi connectivity index (χ4n) is 2.28. The molecule has 126 valence electrons. The molecule has 0 radical (unpaired) electrons. The zero-order chi connectivity index (χ0) is 17.2. The van der Waals surface area contributed by atoms with Crippen molar-refractivity contribution in [3.8, 4) is 5.75 Å². The van der Waals surface area contributed by atoms with Crippen LogP contribution in [0.25, 0.3) is 0 Å². The van der Waals surface area contributed by atoms with Crippen LogP contribution in [-0.2, 0) is 19.4 Å². The number of ether oxygens (including phenoxy) is 1. The Labute approximate surface area is 142 Å². The maximum atomic E-state index is 11.9. The van der Waals surface area contributed by atoms with E-state index in [1.807, 2.05) is 0 Å². The van der Waals surface area contributed by atoms with Gasteiger partial charge in [0, 0.05) is 6.04 Å². The number of aromatic hydroxyl groups is 1. The molecule has 9 heteroatoms. The number of nitrogens with one attached hydrogen (secondary N) is 1. The third-order valence-corrected chi connectivity index (χ3v) is 5.73. The van der Waals surface area contributed by atoms with Crippen LogP contribution >= 0.6 is 15.9 Å². The molecule has 0 saturated carbocycles. The fraction of sp³-hybridized carbons (Fsp3) is 0.429. The molecule has 1 unspecified atom stereocenters. The molecule has 1 saturated heterocycles. The minimum atomic E-state index is -3.09. The first kappa shape index (κ1) is 17.7. The van der Waals surface area contributed by atoms with Gasteiger partial charge < -0.3 is 15.2 Å². The number of sulfone groups is 1. The first-order chi connectivity index (χ1) is 10.7. The van der Waals surface area contributed by atoms with E-state index in [9.17, 15) is 23.1 Å². The first-order valence-corrected chi connectivity index (χ1v) is 9.45. The monoisotopic (exact) mass is 405 g/mol. The van der Waals surface area contributed by atoms with Gasteiger partial charge in [0.05, 0.1) is 16.0 Å². The second-order valence-corrected chi connectivity index (χ2v) is 8.47. The summed E-state index contributed by atoms with van der Waals surface area (Å²) in [6.45, 7) is 1.20. The van der Waals surface area contributed by atoms with Gasteiger partial charge >= 0.3 is 5.97 Å². The lowest BCUT2D eigenvalue weighted by Gasteiger charge is -2.12. The van der Waals surface area contributed by atoms with E-state index < -0.39 is 34.4 Å². The second-order valence-electron chi connectivity index (χ2n) is 5.39. The van der Waals surface area contributed by atoms with Gasteiger partial charge in [-0.25, -0.2) is 13.2 Å². The second kappa shape index (κ2) is 6.88. The quantitative estimate of drug-likeness (QED) is 0.720. The van der Waals surface area contributed by atoms with Gasteiger partial charge in [-0.1, -0.05) is 0 Å². The number of phenolic OH excluding ortho intramolecular Hbond substituents is 1. The Morgan fingerprint density at radius 1 is 1.43 bits per heavy atom. The molecular weight excluding hydrogens is 390 g/mol. The van der Waals surface area contributed by atoms with E-state index in [4.69, 9.17) is 4.74 Å². The van der Waals surface area contributed by atoms with Gasteiger partial charge in [-0.05, 0) is 47.0 Å². The van der Waals surface area contributed by atoms with Crippen LogP contribution in [0.15, 0.2) is 16.6 Å². The number of halogens is 1. The molecule has 1 aliphatic rings. The number of rotatable bonds is 4. The Kier molecular flexibility index (Phi) is 5.30. The Balaban J connectivity index is 1.91. The number of carbonyl (C=O) groups excluding carboxylic acids is 2. The van der Waals surface area contributed by atoms with Crippen LogP contribution in [0.2, 0.25) is 0 Å². The fourth-order valence-corrected chi connectivity index (χ4v) is 4.53. The van der Waals surface area contributed by atoms with Crippen molar-refractivity contribution < 1.29 is 27.9 Å². The number of hydrogen-bond donors (Lipinski definition) is 2. The molecule has 1 aliphatic heterocycles. The summed E-state index contributed by atoms with van der Waals surface area (Å²) in [6, 6.07) is 2.64. The Morgan fingerprint density at radius 2 is 2.13 bits per heavy atom. The summed E-state index contributed by atoms with van der Waals surface area (Å²) in [5, 5.41) is 12.3. The summed E-state index contributed by atoms with van der Waals surface area (Å²) in [7, 11) is -3.09. The largest absolute Gasteiger partial charge is 0.506 e. The first-order valence-electron chi connectivity index (χ1n) is 6.84. The molecule has 0 aliphatic carbocycles. The maximum Gasteiger partial charge on any atom is 0.342 e. The highest BCUT2D eigenvalue weighted by atomic mass is 79.9. The molecular formula is C14H16BrNO6S. The van der Waals surface area contributed by atoms with E-state index in [2.05, 4.69) is 21.2 Å². The zero-order valence-electron chi connectivity index (χ0n) is 12.3. The van der Waals surface area contributed by atoms with Crippen molar-refractivity contribution in [2.45, 2.75) is 19.4 Å². The third kappa shape index (κ3) is 4.68. The van der Waals surface area contributed by atoms with Crippen LogP contribution in [0.5, 0.6) is 5.75 Å². The zero-order valence-corrected chi connectivity index (χ0v) is 14.7. The lowest BCUT2D eigenvalue weighted by atomic mass is 10.1. The predicted molar refractivity (Wildman–Crippen MR) is 86.0 cm³/mol. The number of carbonyl (C=O) groups is 2. The number of aryl methyl sites for hydroxylation is 1. The van der Waals surface area contributed by atoms with Crippen LogP contribution in [0, 0.1) is 6.92 Å². The average Bonchev–Trinajstić information content (AvgIpc) is 2.79. The normalized spacial score (nSPS) is 19.3. The summed E-state index contributed by atoms with van der Waals surface area (Å²) in [5.74, 6) is -1.73. The molecule has 1 heterocycles. The number of esters is 1. The van der Waals surface area contributed by atoms with Crippen LogP contribution in [0.1, 0.15) is 22.3 Å². The number of benzene rings is 1. The minimum absolute atomic E-state index is 0.0446. The number of phenols is 1. The minimum Gasteiger partial charge on any atom is -0.506 e. The summed E-state index contributed by atoms with van der Waals surface area (Å²) < 4.78 is 27.8. The van der Waals surface area contributed by atoms with Crippen molar-refractivity contribution in [1.29, 1.82) is 0 Å². The Hall–Kier alpha value is -1.61. The number of hydrogen-bond acceptors (Lipinski definition) is 6. The standard InChI is InChI=1S/C14H16BrNO6S/c1-8-4-10(13(18)11(15)5-8)14(19)22-6-12(17)16-9-2-3-23(20,21)7-9/h4-5,9,18H,2-3,6-7H2,1H3,(H,16,17). The highest BCUT2D eigenvalue weighted by Gasteiger charge is 2.29. The molecule has 0 bridgehead atoms. The molecule has 0 aromatic heterocycles. The van der Waals surface area contributed by atoms with Gasteiger partial charge in [-0.3, -0.25) is 4.79 Å². The van der Waals surface area contributed by atoms with Crippen molar-refractivity contribution in [3.63, 3.8) is 0 Å². The average molecular weight is 406 g/mol. The topological polar surface area (TPSA) is 110 Å². The van der Waals surface area contributed by atoms with Crippen molar-refractivity contribution in [2.75, 3.05) is 18.1 Å². The molecule has 1 amide bonds. The predicted octanol–water partition coefficient (Wildman–Crippen LogP) is 0.923. The molecule has 1 fully saturated rings. The summed E-state index contributed by atoms with van der Waals surface area (Å²) in [4.78, 5) is 23.6. The molecule has 0 spiro atoms. The Morgan fingerprint density at radius 3 is 2.74 bits per heavy atom. The lowest BCUT2D eigenvalue weighted by molar-refractivity contribution is -0.124. The summed E-state index contributed by atoms with van der Waals surface area (Å²) >= 11 is 3.12. The van der Waals surface area contributed by atoms with Gasteiger partial charge in [-0.2, -0.15) is 0 Å². The van der Waals surface area contributed by atoms with E-state index in [1.54, 1.807) is 13.0 Å². The smallest absolute Gasteiger partial charge is 0.342 e. The number of amides is 1. The molecule has 23 heavy (non-hydrogen) atoms. The molecule has 2 N–H and O–H groups in total. The third-order valence-electron chi connectivity index (χ3n) is 3.36. The summed E-state index contributed by atoms with van der Waals surface area (Å²) in [5.41, 5.74) is 0.690. The highest BCUT2D eigenvalue weighted by molar-refractivity contribution is 9.10. The van der Waals surface area contributed by atoms with E-state index in [1.165, 1.54) is 6.07 Å². The summed E-state index contributed by atoms with van der Waals surface area (Å²) in [6.07, 6.45) is 0.355. The maximum absolute atomic E-state index is 11.9. The van der Waals surface area contributed by atoms with Crippen LogP contribution in [-0.4, -0.2) is 49.6 Å². The van der Waals surface area contributed by atoms with Gasteiger partial charge in [0.1, 0.15) is 11.3 Å². The van der Waals surface area contributed by atoms with E-state index >= 15 is 0 Å².